The average molecular weight is 262 g/mol. The third-order valence-corrected chi connectivity index (χ3v) is 3.15. The summed E-state index contributed by atoms with van der Waals surface area (Å²) in [5.74, 6) is 0.911. The largest absolute Gasteiger partial charge is 0.487 e. The number of rotatable bonds is 3. The summed E-state index contributed by atoms with van der Waals surface area (Å²) in [6.45, 7) is 6.66. The van der Waals surface area contributed by atoms with Gasteiger partial charge in [-0.2, -0.15) is 0 Å². The minimum Gasteiger partial charge on any atom is -0.487 e. The first-order valence-electron chi connectivity index (χ1n) is 5.87. The van der Waals surface area contributed by atoms with Crippen molar-refractivity contribution in [3.8, 4) is 5.75 Å². The van der Waals surface area contributed by atoms with Crippen LogP contribution in [-0.2, 0) is 6.61 Å². The van der Waals surface area contributed by atoms with Gasteiger partial charge in [0.15, 0.2) is 0 Å². The van der Waals surface area contributed by atoms with E-state index in [0.717, 1.165) is 11.4 Å². The summed E-state index contributed by atoms with van der Waals surface area (Å²) in [4.78, 5) is 4.22. The molecule has 0 aliphatic carbocycles. The Bertz CT molecular complexity index is 566. The van der Waals surface area contributed by atoms with Crippen molar-refractivity contribution >= 4 is 11.6 Å². The lowest BCUT2D eigenvalue weighted by molar-refractivity contribution is 0.299. The van der Waals surface area contributed by atoms with Crippen molar-refractivity contribution in [1.82, 2.24) is 4.98 Å². The van der Waals surface area contributed by atoms with Crippen molar-refractivity contribution in [2.45, 2.75) is 27.4 Å². The highest BCUT2D eigenvalue weighted by atomic mass is 35.5. The molecule has 0 unspecified atom stereocenters. The average Bonchev–Trinajstić information content (AvgIpc) is 2.32. The Hall–Kier alpha value is -1.54. The number of hydrogen-bond donors (Lipinski definition) is 0. The molecule has 0 atom stereocenters. The van der Waals surface area contributed by atoms with E-state index in [1.54, 1.807) is 12.3 Å². The Balaban J connectivity index is 2.15. The minimum absolute atomic E-state index is 0.435. The molecule has 1 aromatic heterocycles. The second-order valence-electron chi connectivity index (χ2n) is 4.46. The summed E-state index contributed by atoms with van der Waals surface area (Å²) >= 11 is 5.91. The predicted octanol–water partition coefficient (Wildman–Crippen LogP) is 4.24. The molecule has 2 rings (SSSR count). The maximum atomic E-state index is 5.91. The molecule has 3 heteroatoms. The van der Waals surface area contributed by atoms with Gasteiger partial charge in [0, 0.05) is 11.2 Å². The molecule has 18 heavy (non-hydrogen) atoms. The van der Waals surface area contributed by atoms with Crippen molar-refractivity contribution in [1.29, 1.82) is 0 Å². The molecular formula is C15H16ClNO. The van der Waals surface area contributed by atoms with Crippen LogP contribution in [0, 0.1) is 20.8 Å². The molecule has 0 aliphatic rings. The van der Waals surface area contributed by atoms with Crippen molar-refractivity contribution in [3.63, 3.8) is 0 Å². The number of pyridine rings is 1. The SMILES string of the molecule is Cc1cc(C)c(C)c(OCc2cc(Cl)ccn2)c1. The Morgan fingerprint density at radius 1 is 1.17 bits per heavy atom. The van der Waals surface area contributed by atoms with Crippen LogP contribution >= 0.6 is 11.6 Å². The van der Waals surface area contributed by atoms with Gasteiger partial charge < -0.3 is 4.74 Å². The van der Waals surface area contributed by atoms with Crippen LogP contribution in [0.1, 0.15) is 22.4 Å². The Morgan fingerprint density at radius 3 is 2.67 bits per heavy atom. The lowest BCUT2D eigenvalue weighted by atomic mass is 10.1. The van der Waals surface area contributed by atoms with Crippen LogP contribution in [-0.4, -0.2) is 4.98 Å². The highest BCUT2D eigenvalue weighted by Crippen LogP contribution is 2.24. The van der Waals surface area contributed by atoms with Crippen LogP contribution in [0.25, 0.3) is 0 Å². The van der Waals surface area contributed by atoms with E-state index in [1.807, 2.05) is 12.1 Å². The Morgan fingerprint density at radius 2 is 1.94 bits per heavy atom. The van der Waals surface area contributed by atoms with Gasteiger partial charge in [-0.3, -0.25) is 4.98 Å². The number of halogens is 1. The molecular weight excluding hydrogens is 246 g/mol. The summed E-state index contributed by atoms with van der Waals surface area (Å²) in [7, 11) is 0. The standard InChI is InChI=1S/C15H16ClNO/c1-10-6-11(2)12(3)15(7-10)18-9-14-8-13(16)4-5-17-14/h4-8H,9H2,1-3H3. The van der Waals surface area contributed by atoms with Gasteiger partial charge in [-0.05, 0) is 55.7 Å². The predicted molar refractivity (Wildman–Crippen MR) is 74.2 cm³/mol. The van der Waals surface area contributed by atoms with Crippen molar-refractivity contribution in [3.05, 3.63) is 57.9 Å². The first kappa shape index (κ1) is 12.9. The van der Waals surface area contributed by atoms with Gasteiger partial charge in [0.2, 0.25) is 0 Å². The zero-order valence-electron chi connectivity index (χ0n) is 10.8. The number of aryl methyl sites for hydroxylation is 2. The number of ether oxygens (including phenoxy) is 1. The van der Waals surface area contributed by atoms with E-state index in [1.165, 1.54) is 16.7 Å². The van der Waals surface area contributed by atoms with E-state index < -0.39 is 0 Å². The maximum absolute atomic E-state index is 5.91. The molecule has 1 aromatic carbocycles. The molecule has 0 amide bonds. The van der Waals surface area contributed by atoms with E-state index in [0.29, 0.717) is 11.6 Å². The van der Waals surface area contributed by atoms with Crippen molar-refractivity contribution in [2.75, 3.05) is 0 Å². The second-order valence-corrected chi connectivity index (χ2v) is 4.90. The lowest BCUT2D eigenvalue weighted by Gasteiger charge is -2.12. The number of nitrogens with zero attached hydrogens (tertiary/aromatic N) is 1. The molecule has 0 saturated heterocycles. The van der Waals surface area contributed by atoms with E-state index >= 15 is 0 Å². The third kappa shape index (κ3) is 3.02. The molecule has 0 bridgehead atoms. The second kappa shape index (κ2) is 5.40. The smallest absolute Gasteiger partial charge is 0.130 e. The summed E-state index contributed by atoms with van der Waals surface area (Å²) in [6, 6.07) is 7.78. The molecule has 0 fully saturated rings. The molecule has 1 heterocycles. The highest BCUT2D eigenvalue weighted by Gasteiger charge is 2.05. The van der Waals surface area contributed by atoms with Crippen LogP contribution in [0.4, 0.5) is 0 Å². The van der Waals surface area contributed by atoms with E-state index in [9.17, 15) is 0 Å². The van der Waals surface area contributed by atoms with Gasteiger partial charge in [-0.15, -0.1) is 0 Å². The molecule has 2 aromatic rings. The molecule has 0 spiro atoms. The zero-order chi connectivity index (χ0) is 13.1. The van der Waals surface area contributed by atoms with Gasteiger partial charge in [0.1, 0.15) is 12.4 Å². The molecule has 0 N–H and O–H groups in total. The van der Waals surface area contributed by atoms with E-state index in [2.05, 4.69) is 31.8 Å². The topological polar surface area (TPSA) is 22.1 Å². The normalized spacial score (nSPS) is 10.4. The van der Waals surface area contributed by atoms with Crippen molar-refractivity contribution < 1.29 is 4.74 Å². The van der Waals surface area contributed by atoms with E-state index in [-0.39, 0.29) is 0 Å². The van der Waals surface area contributed by atoms with Gasteiger partial charge in [0.25, 0.3) is 0 Å². The fourth-order valence-corrected chi connectivity index (χ4v) is 2.01. The summed E-state index contributed by atoms with van der Waals surface area (Å²) in [5, 5.41) is 0.681. The molecule has 0 radical (unpaired) electrons. The first-order valence-corrected chi connectivity index (χ1v) is 6.25. The summed E-state index contributed by atoms with van der Waals surface area (Å²) in [6.07, 6.45) is 1.69. The lowest BCUT2D eigenvalue weighted by Crippen LogP contribution is -2.00. The van der Waals surface area contributed by atoms with Gasteiger partial charge >= 0.3 is 0 Å². The van der Waals surface area contributed by atoms with Gasteiger partial charge in [-0.25, -0.2) is 0 Å². The van der Waals surface area contributed by atoms with Crippen LogP contribution in [0.5, 0.6) is 5.75 Å². The fraction of sp³-hybridized carbons (Fsp3) is 0.267. The molecule has 0 aliphatic heterocycles. The minimum atomic E-state index is 0.435. The third-order valence-electron chi connectivity index (χ3n) is 2.92. The molecule has 2 nitrogen and oxygen atoms in total. The van der Waals surface area contributed by atoms with Gasteiger partial charge in [0.05, 0.1) is 5.69 Å². The monoisotopic (exact) mass is 261 g/mol. The molecule has 0 saturated carbocycles. The number of benzene rings is 1. The highest BCUT2D eigenvalue weighted by molar-refractivity contribution is 6.30. The number of hydrogen-bond acceptors (Lipinski definition) is 2. The molecule has 94 valence electrons. The zero-order valence-corrected chi connectivity index (χ0v) is 11.6. The van der Waals surface area contributed by atoms with Crippen LogP contribution in [0.3, 0.4) is 0 Å². The van der Waals surface area contributed by atoms with Crippen molar-refractivity contribution in [2.24, 2.45) is 0 Å². The van der Waals surface area contributed by atoms with Crippen LogP contribution in [0.2, 0.25) is 5.02 Å². The maximum Gasteiger partial charge on any atom is 0.130 e. The Kier molecular flexibility index (Phi) is 3.87. The van der Waals surface area contributed by atoms with Gasteiger partial charge in [-0.1, -0.05) is 17.7 Å². The first-order chi connectivity index (χ1) is 8.56. The fourth-order valence-electron chi connectivity index (χ4n) is 1.83. The number of aromatic nitrogens is 1. The Labute approximate surface area is 113 Å². The van der Waals surface area contributed by atoms with Crippen LogP contribution < -0.4 is 4.74 Å². The van der Waals surface area contributed by atoms with Crippen LogP contribution in [0.15, 0.2) is 30.5 Å². The summed E-state index contributed by atoms with van der Waals surface area (Å²) in [5.41, 5.74) is 4.44. The summed E-state index contributed by atoms with van der Waals surface area (Å²) < 4.78 is 5.82. The quantitative estimate of drug-likeness (QED) is 0.825. The van der Waals surface area contributed by atoms with E-state index in [4.69, 9.17) is 16.3 Å².